The number of aryl methyl sites for hydroxylation is 5. The molecule has 160 valence electrons. The molecule has 0 radical (unpaired) electrons. The van der Waals surface area contributed by atoms with E-state index >= 15 is 0 Å². The molecule has 2 aromatic carbocycles. The molecule has 0 atom stereocenters. The van der Waals surface area contributed by atoms with Gasteiger partial charge in [0, 0.05) is 22.6 Å². The lowest BCUT2D eigenvalue weighted by Crippen LogP contribution is -2.32. The molecule has 0 saturated heterocycles. The second kappa shape index (κ2) is 9.00. The van der Waals surface area contributed by atoms with Gasteiger partial charge in [-0.05, 0) is 82.0 Å². The molecule has 0 aliphatic carbocycles. The van der Waals surface area contributed by atoms with Crippen molar-refractivity contribution in [2.24, 2.45) is 5.10 Å². The number of aromatic nitrogens is 1. The van der Waals surface area contributed by atoms with Crippen LogP contribution in [-0.4, -0.2) is 22.6 Å². The monoisotopic (exact) mass is 416 g/mol. The van der Waals surface area contributed by atoms with Crippen molar-refractivity contribution in [2.75, 3.05) is 5.32 Å². The predicted molar refractivity (Wildman–Crippen MR) is 125 cm³/mol. The maximum Gasteiger partial charge on any atom is 0.329 e. The van der Waals surface area contributed by atoms with E-state index in [4.69, 9.17) is 0 Å². The molecule has 3 rings (SSSR count). The molecule has 2 N–H and O–H groups in total. The highest BCUT2D eigenvalue weighted by Gasteiger charge is 2.15. The molecule has 1 aromatic heterocycles. The second-order valence-corrected chi connectivity index (χ2v) is 7.93. The van der Waals surface area contributed by atoms with E-state index in [0.29, 0.717) is 5.69 Å². The number of rotatable bonds is 4. The number of hydrazone groups is 1. The molecule has 1 heterocycles. The number of hydrogen-bond donors (Lipinski definition) is 2. The third-order valence-electron chi connectivity index (χ3n) is 5.19. The summed E-state index contributed by atoms with van der Waals surface area (Å²) in [6, 6.07) is 13.8. The molecule has 0 aliphatic rings. The standard InChI is InChI=1S/C25H28N4O2/c1-15-10-16(2)12-22(11-15)27-24(30)25(31)28-26-14-21-13-19(5)29(20(21)6)23-17(3)8-7-9-18(23)4/h7-14H,1-6H3,(H,27,30)(H,28,31)/b26-14-. The SMILES string of the molecule is Cc1cc(C)cc(NC(=O)C(=O)N/N=C\c2cc(C)n(-c3c(C)cccc3C)c2C)c1. The zero-order valence-electron chi connectivity index (χ0n) is 18.8. The van der Waals surface area contributed by atoms with Crippen molar-refractivity contribution in [3.63, 3.8) is 0 Å². The third kappa shape index (κ3) is 4.91. The molecule has 31 heavy (non-hydrogen) atoms. The molecule has 6 nitrogen and oxygen atoms in total. The average Bonchev–Trinajstić information content (AvgIpc) is 2.95. The van der Waals surface area contributed by atoms with E-state index in [1.807, 2.05) is 58.0 Å². The summed E-state index contributed by atoms with van der Waals surface area (Å²) in [4.78, 5) is 24.3. The van der Waals surface area contributed by atoms with Crippen LogP contribution in [0.25, 0.3) is 5.69 Å². The Kier molecular flexibility index (Phi) is 6.39. The van der Waals surface area contributed by atoms with E-state index in [2.05, 4.69) is 46.4 Å². The van der Waals surface area contributed by atoms with Crippen molar-refractivity contribution in [1.82, 2.24) is 9.99 Å². The van der Waals surface area contributed by atoms with E-state index in [1.54, 1.807) is 6.21 Å². The highest BCUT2D eigenvalue weighted by atomic mass is 16.2. The summed E-state index contributed by atoms with van der Waals surface area (Å²) >= 11 is 0. The summed E-state index contributed by atoms with van der Waals surface area (Å²) in [6.07, 6.45) is 1.56. The number of amides is 2. The summed E-state index contributed by atoms with van der Waals surface area (Å²) < 4.78 is 2.18. The van der Waals surface area contributed by atoms with Crippen molar-refractivity contribution >= 4 is 23.7 Å². The van der Waals surface area contributed by atoms with E-state index in [9.17, 15) is 9.59 Å². The normalized spacial score (nSPS) is 11.0. The maximum absolute atomic E-state index is 12.2. The van der Waals surface area contributed by atoms with E-state index in [-0.39, 0.29) is 0 Å². The molecule has 0 spiro atoms. The van der Waals surface area contributed by atoms with Crippen LogP contribution in [0, 0.1) is 41.5 Å². The lowest BCUT2D eigenvalue weighted by Gasteiger charge is -2.15. The lowest BCUT2D eigenvalue weighted by atomic mass is 10.1. The molecule has 2 amide bonds. The topological polar surface area (TPSA) is 75.5 Å². The first-order chi connectivity index (χ1) is 14.7. The molecule has 0 saturated carbocycles. The van der Waals surface area contributed by atoms with E-state index in [0.717, 1.165) is 33.8 Å². The van der Waals surface area contributed by atoms with Crippen molar-refractivity contribution in [3.8, 4) is 5.69 Å². The molecule has 0 fully saturated rings. The molecular formula is C25H28N4O2. The summed E-state index contributed by atoms with van der Waals surface area (Å²) in [6.45, 7) is 12.1. The fraction of sp³-hybridized carbons (Fsp3) is 0.240. The van der Waals surface area contributed by atoms with Gasteiger partial charge in [-0.25, -0.2) is 5.43 Å². The minimum absolute atomic E-state index is 0.582. The Morgan fingerprint density at radius 1 is 0.871 bits per heavy atom. The van der Waals surface area contributed by atoms with Crippen LogP contribution in [-0.2, 0) is 9.59 Å². The van der Waals surface area contributed by atoms with Crippen LogP contribution in [0.1, 0.15) is 39.2 Å². The number of nitrogens with zero attached hydrogens (tertiary/aromatic N) is 2. The van der Waals surface area contributed by atoms with Crippen molar-refractivity contribution < 1.29 is 9.59 Å². The van der Waals surface area contributed by atoms with Crippen LogP contribution < -0.4 is 10.7 Å². The second-order valence-electron chi connectivity index (χ2n) is 7.93. The first-order valence-corrected chi connectivity index (χ1v) is 10.2. The summed E-state index contributed by atoms with van der Waals surface area (Å²) in [7, 11) is 0. The largest absolute Gasteiger partial charge is 0.329 e. The molecular weight excluding hydrogens is 388 g/mol. The van der Waals surface area contributed by atoms with Gasteiger partial charge in [-0.15, -0.1) is 0 Å². The molecule has 0 aliphatic heterocycles. The molecule has 0 unspecified atom stereocenters. The third-order valence-corrected chi connectivity index (χ3v) is 5.19. The minimum atomic E-state index is -0.820. The van der Waals surface area contributed by atoms with E-state index in [1.165, 1.54) is 11.1 Å². The van der Waals surface area contributed by atoms with E-state index < -0.39 is 11.8 Å². The molecule has 0 bridgehead atoms. The van der Waals surface area contributed by atoms with Crippen LogP contribution in [0.5, 0.6) is 0 Å². The number of nitrogens with one attached hydrogen (secondary N) is 2. The van der Waals surface area contributed by atoms with Gasteiger partial charge in [0.2, 0.25) is 0 Å². The van der Waals surface area contributed by atoms with Gasteiger partial charge in [0.05, 0.1) is 11.9 Å². The molecule has 3 aromatic rings. The summed E-state index contributed by atoms with van der Waals surface area (Å²) in [5, 5.41) is 6.60. The number of carbonyl (C=O) groups is 2. The van der Waals surface area contributed by atoms with Gasteiger partial charge in [0.15, 0.2) is 0 Å². The Bertz CT molecular complexity index is 1150. The Morgan fingerprint density at radius 3 is 2.10 bits per heavy atom. The zero-order valence-corrected chi connectivity index (χ0v) is 18.8. The van der Waals surface area contributed by atoms with Crippen LogP contribution in [0.4, 0.5) is 5.69 Å². The predicted octanol–water partition coefficient (Wildman–Crippen LogP) is 4.42. The number of hydrogen-bond acceptors (Lipinski definition) is 3. The fourth-order valence-corrected chi connectivity index (χ4v) is 3.87. The Labute approximate surface area is 183 Å². The van der Waals surface area contributed by atoms with Gasteiger partial charge in [-0.1, -0.05) is 24.3 Å². The average molecular weight is 417 g/mol. The highest BCUT2D eigenvalue weighted by molar-refractivity contribution is 6.39. The van der Waals surface area contributed by atoms with Gasteiger partial charge in [0.25, 0.3) is 0 Å². The van der Waals surface area contributed by atoms with Crippen LogP contribution in [0.15, 0.2) is 47.6 Å². The Morgan fingerprint density at radius 2 is 1.48 bits per heavy atom. The minimum Gasteiger partial charge on any atom is -0.318 e. The first-order valence-electron chi connectivity index (χ1n) is 10.2. The Hall–Kier alpha value is -3.67. The summed E-state index contributed by atoms with van der Waals surface area (Å²) in [5.41, 5.74) is 11.4. The zero-order chi connectivity index (χ0) is 22.7. The maximum atomic E-state index is 12.2. The van der Waals surface area contributed by atoms with Gasteiger partial charge in [-0.3, -0.25) is 9.59 Å². The Balaban J connectivity index is 1.73. The smallest absolute Gasteiger partial charge is 0.318 e. The number of para-hydroxylation sites is 1. The number of benzene rings is 2. The van der Waals surface area contributed by atoms with Gasteiger partial charge >= 0.3 is 11.8 Å². The van der Waals surface area contributed by atoms with Crippen LogP contribution in [0.3, 0.4) is 0 Å². The van der Waals surface area contributed by atoms with Gasteiger partial charge in [-0.2, -0.15) is 5.10 Å². The first kappa shape index (κ1) is 22.0. The van der Waals surface area contributed by atoms with Gasteiger partial charge < -0.3 is 9.88 Å². The van der Waals surface area contributed by atoms with Crippen LogP contribution in [0.2, 0.25) is 0 Å². The molecule has 6 heteroatoms. The van der Waals surface area contributed by atoms with Crippen molar-refractivity contribution in [2.45, 2.75) is 41.5 Å². The summed E-state index contributed by atoms with van der Waals surface area (Å²) in [5.74, 6) is -1.58. The van der Waals surface area contributed by atoms with Crippen molar-refractivity contribution in [1.29, 1.82) is 0 Å². The number of carbonyl (C=O) groups excluding carboxylic acids is 2. The van der Waals surface area contributed by atoms with Gasteiger partial charge in [0.1, 0.15) is 0 Å². The van der Waals surface area contributed by atoms with Crippen molar-refractivity contribution in [3.05, 3.63) is 81.7 Å². The fourth-order valence-electron chi connectivity index (χ4n) is 3.87. The number of anilines is 1. The van der Waals surface area contributed by atoms with Crippen LogP contribution >= 0.6 is 0 Å². The lowest BCUT2D eigenvalue weighted by molar-refractivity contribution is -0.136. The highest BCUT2D eigenvalue weighted by Crippen LogP contribution is 2.25. The quantitative estimate of drug-likeness (QED) is 0.375.